The summed E-state index contributed by atoms with van der Waals surface area (Å²) in [7, 11) is -2.29. The van der Waals surface area contributed by atoms with Crippen LogP contribution in [-0.4, -0.2) is 118 Å². The quantitative estimate of drug-likeness (QED) is 0.193. The molecule has 0 saturated carbocycles. The van der Waals surface area contributed by atoms with E-state index < -0.39 is 80.0 Å². The molecule has 9 atom stereocenters. The van der Waals surface area contributed by atoms with Crippen molar-refractivity contribution in [3.8, 4) is 0 Å². The maximum absolute atomic E-state index is 13.7. The summed E-state index contributed by atoms with van der Waals surface area (Å²) in [6, 6.07) is -2.57. The number of carbonyl (C=O) groups is 3. The Balaban J connectivity index is 1.65. The van der Waals surface area contributed by atoms with Crippen LogP contribution in [0, 0.1) is 0 Å². The van der Waals surface area contributed by atoms with Crippen LogP contribution in [0.4, 0.5) is 9.59 Å². The lowest BCUT2D eigenvalue weighted by molar-refractivity contribution is -0.122. The Morgan fingerprint density at radius 3 is 2.63 bits per heavy atom. The van der Waals surface area contributed by atoms with Crippen LogP contribution in [0.1, 0.15) is 19.8 Å². The molecule has 0 aliphatic carbocycles. The Kier molecular flexibility index (Phi) is 6.97. The number of aliphatic hydroxyl groups excluding tert-OH is 2. The number of nitrogens with one attached hydrogen (secondary N) is 1. The fraction of sp³-hybridized carbons (Fsp3) is 0.682. The van der Waals surface area contributed by atoms with E-state index in [2.05, 4.69) is 11.9 Å². The summed E-state index contributed by atoms with van der Waals surface area (Å²) in [5, 5.41) is 22.8. The third-order valence-electron chi connectivity index (χ3n) is 7.65. The molecule has 210 valence electrons. The monoisotopic (exact) mass is 574 g/mol. The molecular weight excluding hydrogens is 543 g/mol. The van der Waals surface area contributed by atoms with Gasteiger partial charge in [-0.15, -0.1) is 12.6 Å². The Bertz CT molecular complexity index is 1150. The minimum absolute atomic E-state index is 0.0428. The molecule has 1 unspecified atom stereocenters. The van der Waals surface area contributed by atoms with Crippen LogP contribution in [0.25, 0.3) is 0 Å². The molecule has 4 fully saturated rings. The van der Waals surface area contributed by atoms with E-state index >= 15 is 0 Å². The number of rotatable bonds is 1. The summed E-state index contributed by atoms with van der Waals surface area (Å²) >= 11 is 4.89. The summed E-state index contributed by atoms with van der Waals surface area (Å²) < 4.78 is 36.3. The third kappa shape index (κ3) is 4.29. The molecule has 16 heteroatoms. The summed E-state index contributed by atoms with van der Waals surface area (Å²) in [5.74, 6) is -0.740. The van der Waals surface area contributed by atoms with Crippen molar-refractivity contribution < 1.29 is 47.7 Å². The summed E-state index contributed by atoms with van der Waals surface area (Å²) in [5.41, 5.74) is 0.432. The number of amides is 5. The van der Waals surface area contributed by atoms with Crippen LogP contribution in [0.2, 0.25) is 0 Å². The van der Waals surface area contributed by atoms with E-state index in [-0.39, 0.29) is 25.0 Å². The highest BCUT2D eigenvalue weighted by molar-refractivity contribution is 7.82. The van der Waals surface area contributed by atoms with Gasteiger partial charge in [-0.3, -0.25) is 24.5 Å². The lowest BCUT2D eigenvalue weighted by Gasteiger charge is -2.54. The molecule has 0 radical (unpaired) electrons. The zero-order valence-corrected chi connectivity index (χ0v) is 22.8. The number of urea groups is 2. The highest BCUT2D eigenvalue weighted by Gasteiger charge is 2.59. The highest BCUT2D eigenvalue weighted by Crippen LogP contribution is 2.50. The number of nitrogens with zero attached hydrogens (tertiary/aromatic N) is 3. The smallest absolute Gasteiger partial charge is 0.328 e. The Morgan fingerprint density at radius 1 is 1.24 bits per heavy atom. The highest BCUT2D eigenvalue weighted by atomic mass is 32.1. The molecule has 0 spiro atoms. The van der Waals surface area contributed by atoms with Crippen molar-refractivity contribution in [3.63, 3.8) is 0 Å². The van der Waals surface area contributed by atoms with Crippen molar-refractivity contribution in [2.24, 2.45) is 0 Å². The Hall–Kier alpha value is -1.97. The molecule has 0 aromatic rings. The van der Waals surface area contributed by atoms with Gasteiger partial charge >= 0.3 is 19.7 Å². The van der Waals surface area contributed by atoms with Gasteiger partial charge in [0.15, 0.2) is 0 Å². The number of fused-ring (bicyclic) bond motifs is 4. The standard InChI is InChI=1S/C22H31N4O10PS/c1-10-7-25-16-5-12(28)15(35-16)9-33-37(4,32)36-13-6-17(34-14(13)8-27)26-18(11(2)19(29)23-20(26)30)22(10,38)24(3)21(25)31/h7,12-18,27-28,38H,2,5-6,8-9H2,1,3-4H3,(H,23,29,30)/t12-,13-,14+,15+,16+,17+,18?,22-,37+/m0/s1. The number of carbonyl (C=O) groups excluding carboxylic acids is 3. The van der Waals surface area contributed by atoms with Gasteiger partial charge in [0.2, 0.25) is 0 Å². The Morgan fingerprint density at radius 2 is 1.95 bits per heavy atom. The van der Waals surface area contributed by atoms with E-state index in [0.29, 0.717) is 5.57 Å². The largest absolute Gasteiger partial charge is 0.394 e. The maximum Gasteiger partial charge on any atom is 0.328 e. The number of hydrogen-bond acceptors (Lipinski definition) is 11. The van der Waals surface area contributed by atoms with Gasteiger partial charge in [-0.05, 0) is 12.5 Å². The fourth-order valence-corrected chi connectivity index (χ4v) is 7.22. The van der Waals surface area contributed by atoms with E-state index in [1.54, 1.807) is 6.92 Å². The number of hydrogen-bond donors (Lipinski definition) is 4. The van der Waals surface area contributed by atoms with Crippen LogP contribution < -0.4 is 5.32 Å². The van der Waals surface area contributed by atoms with Crippen molar-refractivity contribution in [2.45, 2.75) is 67.5 Å². The molecule has 38 heavy (non-hydrogen) atoms. The molecule has 0 aromatic carbocycles. The van der Waals surface area contributed by atoms with Gasteiger partial charge in [0.05, 0.1) is 25.4 Å². The predicted molar refractivity (Wildman–Crippen MR) is 133 cm³/mol. The van der Waals surface area contributed by atoms with Gasteiger partial charge in [0.1, 0.15) is 35.6 Å². The van der Waals surface area contributed by atoms with E-state index in [1.165, 1.54) is 34.6 Å². The number of ether oxygens (including phenoxy) is 2. The van der Waals surface area contributed by atoms with Crippen molar-refractivity contribution in [1.29, 1.82) is 0 Å². The first kappa shape index (κ1) is 27.6. The normalized spacial score (nSPS) is 43.9. The summed E-state index contributed by atoms with van der Waals surface area (Å²) in [6.07, 6.45) is -4.28. The van der Waals surface area contributed by atoms with Gasteiger partial charge < -0.3 is 33.6 Å². The average molecular weight is 575 g/mol. The van der Waals surface area contributed by atoms with Crippen LogP contribution in [0.5, 0.6) is 0 Å². The first-order valence-corrected chi connectivity index (χ1v) is 14.5. The summed E-state index contributed by atoms with van der Waals surface area (Å²) in [6.45, 7) is 6.03. The van der Waals surface area contributed by atoms with Gasteiger partial charge in [-0.2, -0.15) is 0 Å². The second-order valence-electron chi connectivity index (χ2n) is 10.1. The van der Waals surface area contributed by atoms with Gasteiger partial charge in [0.25, 0.3) is 5.91 Å². The fourth-order valence-electron chi connectivity index (χ4n) is 5.60. The molecule has 6 bridgehead atoms. The van der Waals surface area contributed by atoms with Gasteiger partial charge in [0, 0.05) is 38.3 Å². The van der Waals surface area contributed by atoms with E-state index in [0.717, 1.165) is 0 Å². The SMILES string of the molecule is C=C1C(=O)NC(=O)N2C1[C@@]1(S)C(C)=CN(C(=O)N1C)[C@H]1C[C@H](O)[C@@H](CO[P@@](C)(=O)O[C@H]3C[C@H]2O[C@@H]3CO)O1. The van der Waals surface area contributed by atoms with Crippen LogP contribution in [0.15, 0.2) is 23.9 Å². The molecule has 6 rings (SSSR count). The second-order valence-corrected chi connectivity index (χ2v) is 12.8. The number of likely N-dealkylation sites (N-methyl/N-ethyl adjacent to an activating group) is 1. The lowest BCUT2D eigenvalue weighted by atomic mass is 9.88. The Labute approximate surface area is 224 Å². The zero-order valence-electron chi connectivity index (χ0n) is 21.1. The van der Waals surface area contributed by atoms with Crippen molar-refractivity contribution in [3.05, 3.63) is 23.9 Å². The van der Waals surface area contributed by atoms with Crippen molar-refractivity contribution in [2.75, 3.05) is 26.9 Å². The molecule has 3 N–H and O–H groups in total. The van der Waals surface area contributed by atoms with E-state index in [4.69, 9.17) is 31.2 Å². The molecule has 14 nitrogen and oxygen atoms in total. The molecule has 5 amide bonds. The van der Waals surface area contributed by atoms with Gasteiger partial charge in [-0.25, -0.2) is 9.59 Å². The summed E-state index contributed by atoms with van der Waals surface area (Å²) in [4.78, 5) is 41.9. The van der Waals surface area contributed by atoms with Gasteiger partial charge in [-0.1, -0.05) is 6.58 Å². The molecule has 6 aliphatic rings. The van der Waals surface area contributed by atoms with Crippen LogP contribution in [-0.2, 0) is 27.9 Å². The molecule has 6 aliphatic heterocycles. The van der Waals surface area contributed by atoms with Crippen LogP contribution in [0.3, 0.4) is 0 Å². The second kappa shape index (κ2) is 9.59. The van der Waals surface area contributed by atoms with Crippen molar-refractivity contribution >= 4 is 38.2 Å². The number of imide groups is 1. The topological polar surface area (TPSA) is 167 Å². The van der Waals surface area contributed by atoms with Crippen molar-refractivity contribution in [1.82, 2.24) is 20.0 Å². The molecule has 4 saturated heterocycles. The number of aliphatic hydroxyl groups is 2. The minimum Gasteiger partial charge on any atom is -0.394 e. The number of thiol groups is 1. The third-order valence-corrected chi connectivity index (χ3v) is 9.82. The first-order chi connectivity index (χ1) is 17.8. The lowest BCUT2D eigenvalue weighted by Crippen LogP contribution is -2.71. The first-order valence-electron chi connectivity index (χ1n) is 12.1. The molecule has 0 aromatic heterocycles. The maximum atomic E-state index is 13.7. The zero-order chi connectivity index (χ0) is 27.7. The molecule has 6 heterocycles. The van der Waals surface area contributed by atoms with E-state index in [9.17, 15) is 29.2 Å². The predicted octanol–water partition coefficient (Wildman–Crippen LogP) is 0.182. The minimum atomic E-state index is -3.76. The van der Waals surface area contributed by atoms with E-state index in [1.807, 2.05) is 0 Å². The molecular formula is C22H31N4O10PS. The average Bonchev–Trinajstić information content (AvgIpc) is 3.42. The van der Waals surface area contributed by atoms with Crippen LogP contribution >= 0.6 is 20.2 Å².